The van der Waals surface area contributed by atoms with Gasteiger partial charge in [0.1, 0.15) is 6.10 Å². The molecule has 0 aliphatic carbocycles. The maximum atomic E-state index is 6.03. The van der Waals surface area contributed by atoms with Crippen LogP contribution in [0, 0.1) is 0 Å². The molecule has 0 saturated carbocycles. The van der Waals surface area contributed by atoms with Crippen LogP contribution in [0.5, 0.6) is 0 Å². The summed E-state index contributed by atoms with van der Waals surface area (Å²) in [5, 5.41) is 0.289. The van der Waals surface area contributed by atoms with Crippen LogP contribution in [0.15, 0.2) is 0 Å². The molecule has 1 aliphatic heterocycles. The average Bonchev–Trinajstić information content (AvgIpc) is 2.63. The number of rotatable bonds is 3. The van der Waals surface area contributed by atoms with E-state index in [0.29, 0.717) is 6.10 Å². The number of hydrogen-bond donors (Lipinski definition) is 0. The molecule has 0 amide bonds. The molecule has 3 heteroatoms. The van der Waals surface area contributed by atoms with Crippen LogP contribution in [0.1, 0.15) is 34.1 Å². The lowest BCUT2D eigenvalue weighted by atomic mass is 10.2. The van der Waals surface area contributed by atoms with Crippen molar-refractivity contribution < 1.29 is 9.16 Å². The fourth-order valence-corrected chi connectivity index (χ4v) is 2.13. The fourth-order valence-electron chi connectivity index (χ4n) is 0.986. The van der Waals surface area contributed by atoms with Crippen molar-refractivity contribution in [3.8, 4) is 0 Å². The summed E-state index contributed by atoms with van der Waals surface area (Å²) in [5.41, 5.74) is 0. The third kappa shape index (κ3) is 2.54. The van der Waals surface area contributed by atoms with Gasteiger partial charge in [-0.25, -0.2) is 0 Å². The third-order valence-corrected chi connectivity index (χ3v) is 7.59. The van der Waals surface area contributed by atoms with Gasteiger partial charge >= 0.3 is 0 Å². The highest BCUT2D eigenvalue weighted by Gasteiger charge is 2.47. The van der Waals surface area contributed by atoms with Crippen molar-refractivity contribution in [3.63, 3.8) is 0 Å². The highest BCUT2D eigenvalue weighted by atomic mass is 28.4. The summed E-state index contributed by atoms with van der Waals surface area (Å²) in [6, 6.07) is 0. The zero-order valence-corrected chi connectivity index (χ0v) is 10.7. The molecule has 1 aliphatic rings. The molecule has 1 heterocycles. The van der Waals surface area contributed by atoms with Gasteiger partial charge in [0, 0.05) is 0 Å². The Morgan fingerprint density at radius 3 is 2.15 bits per heavy atom. The van der Waals surface area contributed by atoms with Gasteiger partial charge < -0.3 is 9.16 Å². The standard InChI is InChI=1S/C10H22O2Si/c1-7-8-9(11-8)12-13(5,6)10(2,3)4/h8-9H,7H2,1-6H3/t8?,9-/m0/s1. The maximum absolute atomic E-state index is 6.03. The van der Waals surface area contributed by atoms with Crippen molar-refractivity contribution in [2.75, 3.05) is 0 Å². The first-order valence-electron chi connectivity index (χ1n) is 5.11. The quantitative estimate of drug-likeness (QED) is 0.518. The Hall–Kier alpha value is 0.137. The first-order chi connectivity index (χ1) is 5.78. The largest absolute Gasteiger partial charge is 0.390 e. The predicted octanol–water partition coefficient (Wildman–Crippen LogP) is 3.14. The summed E-state index contributed by atoms with van der Waals surface area (Å²) in [7, 11) is -1.59. The van der Waals surface area contributed by atoms with Crippen LogP contribution < -0.4 is 0 Å². The minimum Gasteiger partial charge on any atom is -0.390 e. The first-order valence-corrected chi connectivity index (χ1v) is 8.02. The van der Waals surface area contributed by atoms with Crippen molar-refractivity contribution in [1.82, 2.24) is 0 Å². The lowest BCUT2D eigenvalue weighted by Gasteiger charge is -2.35. The molecule has 0 aromatic heterocycles. The van der Waals surface area contributed by atoms with Crippen molar-refractivity contribution >= 4 is 8.32 Å². The highest BCUT2D eigenvalue weighted by molar-refractivity contribution is 6.74. The van der Waals surface area contributed by atoms with Gasteiger partial charge in [-0.1, -0.05) is 27.7 Å². The molecule has 2 atom stereocenters. The van der Waals surface area contributed by atoms with E-state index < -0.39 is 8.32 Å². The summed E-state index contributed by atoms with van der Waals surface area (Å²) in [5.74, 6) is 0. The molecule has 0 bridgehead atoms. The molecule has 1 saturated heterocycles. The maximum Gasteiger partial charge on any atom is 0.195 e. The summed E-state index contributed by atoms with van der Waals surface area (Å²) in [6.07, 6.45) is 1.54. The average molecular weight is 202 g/mol. The lowest BCUT2D eigenvalue weighted by molar-refractivity contribution is 0.161. The molecule has 78 valence electrons. The minimum atomic E-state index is -1.59. The Morgan fingerprint density at radius 2 is 1.85 bits per heavy atom. The van der Waals surface area contributed by atoms with Crippen LogP contribution in [0.2, 0.25) is 18.1 Å². The molecule has 1 unspecified atom stereocenters. The van der Waals surface area contributed by atoms with Gasteiger partial charge in [0.05, 0.1) is 0 Å². The van der Waals surface area contributed by atoms with Crippen molar-refractivity contribution in [2.24, 2.45) is 0 Å². The van der Waals surface area contributed by atoms with Crippen molar-refractivity contribution in [3.05, 3.63) is 0 Å². The second-order valence-corrected chi connectivity index (χ2v) is 10.1. The first kappa shape index (κ1) is 11.2. The van der Waals surface area contributed by atoms with E-state index in [1.165, 1.54) is 0 Å². The minimum absolute atomic E-state index is 0.103. The van der Waals surface area contributed by atoms with E-state index in [0.717, 1.165) is 6.42 Å². The van der Waals surface area contributed by atoms with Gasteiger partial charge in [-0.3, -0.25) is 0 Å². The summed E-state index contributed by atoms with van der Waals surface area (Å²) in [6.45, 7) is 13.4. The topological polar surface area (TPSA) is 21.8 Å². The SMILES string of the molecule is CCC1O[C@H]1O[Si](C)(C)C(C)(C)C. The van der Waals surface area contributed by atoms with E-state index in [-0.39, 0.29) is 11.3 Å². The molecule has 0 spiro atoms. The Labute approximate surface area is 82.7 Å². The predicted molar refractivity (Wildman–Crippen MR) is 57.2 cm³/mol. The van der Waals surface area contributed by atoms with Crippen molar-refractivity contribution in [1.29, 1.82) is 0 Å². The molecule has 0 radical (unpaired) electrons. The molecule has 0 aromatic rings. The molecule has 13 heavy (non-hydrogen) atoms. The Bertz CT molecular complexity index is 184. The van der Waals surface area contributed by atoms with Gasteiger partial charge in [-0.2, -0.15) is 0 Å². The molecule has 0 aromatic carbocycles. The monoisotopic (exact) mass is 202 g/mol. The van der Waals surface area contributed by atoms with E-state index in [2.05, 4.69) is 40.8 Å². The van der Waals surface area contributed by atoms with Crippen LogP contribution in [-0.4, -0.2) is 20.7 Å². The highest BCUT2D eigenvalue weighted by Crippen LogP contribution is 2.40. The van der Waals surface area contributed by atoms with Crippen molar-refractivity contribution in [2.45, 2.75) is 64.6 Å². The fraction of sp³-hybridized carbons (Fsp3) is 1.00. The van der Waals surface area contributed by atoms with E-state index >= 15 is 0 Å². The Morgan fingerprint density at radius 1 is 1.31 bits per heavy atom. The molecular formula is C10H22O2Si. The Kier molecular flexibility index (Phi) is 2.91. The Balaban J connectivity index is 2.44. The van der Waals surface area contributed by atoms with E-state index in [4.69, 9.17) is 9.16 Å². The molecule has 2 nitrogen and oxygen atoms in total. The van der Waals surface area contributed by atoms with Crippen LogP contribution >= 0.6 is 0 Å². The van der Waals surface area contributed by atoms with Gasteiger partial charge in [-0.15, -0.1) is 0 Å². The molecule has 1 fully saturated rings. The summed E-state index contributed by atoms with van der Waals surface area (Å²) in [4.78, 5) is 0. The van der Waals surface area contributed by atoms with Crippen LogP contribution in [0.3, 0.4) is 0 Å². The van der Waals surface area contributed by atoms with Gasteiger partial charge in [0.15, 0.2) is 14.6 Å². The van der Waals surface area contributed by atoms with Crippen LogP contribution in [-0.2, 0) is 9.16 Å². The smallest absolute Gasteiger partial charge is 0.195 e. The number of ether oxygens (including phenoxy) is 1. The van der Waals surface area contributed by atoms with Gasteiger partial charge in [-0.05, 0) is 24.6 Å². The molecular weight excluding hydrogens is 180 g/mol. The van der Waals surface area contributed by atoms with Gasteiger partial charge in [0.2, 0.25) is 0 Å². The summed E-state index contributed by atoms with van der Waals surface area (Å²) < 4.78 is 11.4. The van der Waals surface area contributed by atoms with E-state index in [1.807, 2.05) is 0 Å². The second-order valence-electron chi connectivity index (χ2n) is 5.33. The van der Waals surface area contributed by atoms with Gasteiger partial charge in [0.25, 0.3) is 0 Å². The second kappa shape index (κ2) is 3.37. The lowest BCUT2D eigenvalue weighted by Crippen LogP contribution is -2.41. The van der Waals surface area contributed by atoms with E-state index in [1.54, 1.807) is 0 Å². The van der Waals surface area contributed by atoms with E-state index in [9.17, 15) is 0 Å². The van der Waals surface area contributed by atoms with Crippen LogP contribution in [0.25, 0.3) is 0 Å². The molecule has 1 rings (SSSR count). The van der Waals surface area contributed by atoms with Crippen LogP contribution in [0.4, 0.5) is 0 Å². The third-order valence-electron chi connectivity index (χ3n) is 3.16. The number of epoxide rings is 1. The zero-order valence-electron chi connectivity index (χ0n) is 9.68. The molecule has 0 N–H and O–H groups in total. The zero-order chi connectivity index (χ0) is 10.3. The summed E-state index contributed by atoms with van der Waals surface area (Å²) >= 11 is 0. The number of hydrogen-bond acceptors (Lipinski definition) is 2. The normalized spacial score (nSPS) is 29.1.